The summed E-state index contributed by atoms with van der Waals surface area (Å²) in [6, 6.07) is 3.89. The summed E-state index contributed by atoms with van der Waals surface area (Å²) >= 11 is 0. The molecule has 8 nitrogen and oxygen atoms in total. The summed E-state index contributed by atoms with van der Waals surface area (Å²) in [6.45, 7) is 4.14. The number of nitrogens with zero attached hydrogens (tertiary/aromatic N) is 6. The minimum atomic E-state index is -0.721. The van der Waals surface area contributed by atoms with Crippen molar-refractivity contribution in [1.82, 2.24) is 29.7 Å². The Balaban J connectivity index is 1.43. The third-order valence-corrected chi connectivity index (χ3v) is 6.60. The van der Waals surface area contributed by atoms with E-state index in [-0.39, 0.29) is 30.1 Å². The van der Waals surface area contributed by atoms with Gasteiger partial charge < -0.3 is 9.47 Å². The molecule has 1 aliphatic carbocycles. The number of fused-ring (bicyclic) bond motifs is 1. The summed E-state index contributed by atoms with van der Waals surface area (Å²) in [6.07, 6.45) is 6.47. The van der Waals surface area contributed by atoms with E-state index in [1.807, 2.05) is 30.9 Å². The van der Waals surface area contributed by atoms with E-state index in [4.69, 9.17) is 19.4 Å². The summed E-state index contributed by atoms with van der Waals surface area (Å²) in [5.74, 6) is -1.16. The van der Waals surface area contributed by atoms with Crippen LogP contribution < -0.4 is 0 Å². The van der Waals surface area contributed by atoms with Crippen LogP contribution in [0.5, 0.6) is 0 Å². The van der Waals surface area contributed by atoms with E-state index in [1.54, 1.807) is 0 Å². The summed E-state index contributed by atoms with van der Waals surface area (Å²) in [5.41, 5.74) is 3.54. The summed E-state index contributed by atoms with van der Waals surface area (Å²) in [5, 5.41) is 4.49. The smallest absolute Gasteiger partial charge is 0.182 e. The predicted octanol–water partition coefficient (Wildman–Crippen LogP) is 4.73. The van der Waals surface area contributed by atoms with Gasteiger partial charge in [0.05, 0.1) is 36.3 Å². The number of hydrogen-bond acceptors (Lipinski definition) is 7. The van der Waals surface area contributed by atoms with Crippen LogP contribution in [0.4, 0.5) is 8.78 Å². The monoisotopic (exact) mass is 478 g/mol. The van der Waals surface area contributed by atoms with Crippen LogP contribution in [-0.2, 0) is 9.47 Å². The highest BCUT2D eigenvalue weighted by Crippen LogP contribution is 2.38. The molecule has 180 valence electrons. The van der Waals surface area contributed by atoms with Crippen molar-refractivity contribution in [1.29, 1.82) is 0 Å². The molecule has 3 aromatic heterocycles. The lowest BCUT2D eigenvalue weighted by Gasteiger charge is -2.18. The SMILES string of the molecule is Cc1nc2nc([C@H]3COCO[C@@H](c4cnn(C5CC5)c4)C3)nc(-c3ccc(F)cc3F)c2nc1C. The number of hydrogen-bond donors (Lipinski definition) is 0. The molecule has 4 heterocycles. The standard InChI is InChI=1S/C25H24F2N6O2/c1-13-14(2)30-25-23(29-13)22(19-6-3-17(26)8-20(19)27)31-24(32-25)15-7-21(35-12-34-11-15)16-9-28-33(10-16)18-4-5-18/h3,6,8-10,15,18,21H,4-5,7,11-12H2,1-2H3/t15-,21-/m1/s1. The Morgan fingerprint density at radius 1 is 1.03 bits per heavy atom. The van der Waals surface area contributed by atoms with Gasteiger partial charge in [0.2, 0.25) is 0 Å². The first-order valence-corrected chi connectivity index (χ1v) is 11.7. The van der Waals surface area contributed by atoms with Crippen molar-refractivity contribution in [2.45, 2.75) is 51.2 Å². The molecular formula is C25H24F2N6O2. The molecule has 6 rings (SSSR count). The zero-order chi connectivity index (χ0) is 24.1. The van der Waals surface area contributed by atoms with Gasteiger partial charge in [0.25, 0.3) is 0 Å². The van der Waals surface area contributed by atoms with Crippen LogP contribution in [0.2, 0.25) is 0 Å². The van der Waals surface area contributed by atoms with Gasteiger partial charge in [-0.05, 0) is 45.2 Å². The molecule has 0 N–H and O–H groups in total. The summed E-state index contributed by atoms with van der Waals surface area (Å²) < 4.78 is 42.1. The Morgan fingerprint density at radius 2 is 1.86 bits per heavy atom. The molecular weight excluding hydrogens is 454 g/mol. The fourth-order valence-electron chi connectivity index (χ4n) is 4.37. The van der Waals surface area contributed by atoms with Gasteiger partial charge in [-0.25, -0.2) is 28.7 Å². The highest BCUT2D eigenvalue weighted by Gasteiger charge is 2.30. The van der Waals surface area contributed by atoms with E-state index in [9.17, 15) is 8.78 Å². The number of aromatic nitrogens is 6. The van der Waals surface area contributed by atoms with Crippen LogP contribution in [0.25, 0.3) is 22.4 Å². The van der Waals surface area contributed by atoms with Crippen molar-refractivity contribution in [3.63, 3.8) is 0 Å². The van der Waals surface area contributed by atoms with Crippen LogP contribution in [0.15, 0.2) is 30.6 Å². The number of ether oxygens (including phenoxy) is 2. The second kappa shape index (κ2) is 8.69. The molecule has 10 heteroatoms. The Morgan fingerprint density at radius 3 is 2.66 bits per heavy atom. The molecule has 0 bridgehead atoms. The fourth-order valence-corrected chi connectivity index (χ4v) is 4.37. The van der Waals surface area contributed by atoms with Crippen molar-refractivity contribution < 1.29 is 18.3 Å². The van der Waals surface area contributed by atoms with E-state index < -0.39 is 11.6 Å². The molecule has 1 aromatic carbocycles. The molecule has 0 unspecified atom stereocenters. The van der Waals surface area contributed by atoms with Gasteiger partial charge in [0.1, 0.15) is 35.5 Å². The molecule has 1 saturated carbocycles. The number of benzene rings is 1. The van der Waals surface area contributed by atoms with E-state index in [1.165, 1.54) is 12.1 Å². The molecule has 4 aromatic rings. The van der Waals surface area contributed by atoms with E-state index in [0.29, 0.717) is 41.8 Å². The molecule has 1 aliphatic heterocycles. The Hall–Kier alpha value is -3.37. The molecule has 35 heavy (non-hydrogen) atoms. The topological polar surface area (TPSA) is 87.8 Å². The highest BCUT2D eigenvalue weighted by molar-refractivity contribution is 5.87. The summed E-state index contributed by atoms with van der Waals surface area (Å²) in [4.78, 5) is 18.6. The van der Waals surface area contributed by atoms with E-state index in [0.717, 1.165) is 30.2 Å². The lowest BCUT2D eigenvalue weighted by Crippen LogP contribution is -2.14. The Labute approximate surface area is 200 Å². The largest absolute Gasteiger partial charge is 0.355 e. The van der Waals surface area contributed by atoms with Gasteiger partial charge in [0.15, 0.2) is 5.65 Å². The van der Waals surface area contributed by atoms with Gasteiger partial charge in [0, 0.05) is 29.3 Å². The molecule has 2 atom stereocenters. The zero-order valence-electron chi connectivity index (χ0n) is 19.4. The van der Waals surface area contributed by atoms with Crippen molar-refractivity contribution in [2.24, 2.45) is 0 Å². The maximum atomic E-state index is 14.8. The maximum Gasteiger partial charge on any atom is 0.182 e. The first kappa shape index (κ1) is 22.1. The van der Waals surface area contributed by atoms with E-state index in [2.05, 4.69) is 15.1 Å². The number of aryl methyl sites for hydroxylation is 2. The first-order valence-electron chi connectivity index (χ1n) is 11.7. The predicted molar refractivity (Wildman–Crippen MR) is 122 cm³/mol. The lowest BCUT2D eigenvalue weighted by atomic mass is 9.98. The van der Waals surface area contributed by atoms with Gasteiger partial charge in [-0.3, -0.25) is 4.68 Å². The average molecular weight is 479 g/mol. The first-order chi connectivity index (χ1) is 17.0. The van der Waals surface area contributed by atoms with Gasteiger partial charge in [-0.2, -0.15) is 5.10 Å². The van der Waals surface area contributed by atoms with Crippen molar-refractivity contribution in [3.8, 4) is 11.3 Å². The van der Waals surface area contributed by atoms with Crippen molar-refractivity contribution >= 4 is 11.2 Å². The lowest BCUT2D eigenvalue weighted by molar-refractivity contribution is -0.0689. The average Bonchev–Trinajstić information content (AvgIpc) is 3.62. The van der Waals surface area contributed by atoms with Crippen LogP contribution >= 0.6 is 0 Å². The van der Waals surface area contributed by atoms with Gasteiger partial charge >= 0.3 is 0 Å². The molecule has 0 amide bonds. The Kier molecular flexibility index (Phi) is 5.49. The third kappa shape index (κ3) is 4.28. The molecule has 1 saturated heterocycles. The second-order valence-electron chi connectivity index (χ2n) is 9.18. The fraction of sp³-hybridized carbons (Fsp3) is 0.400. The summed E-state index contributed by atoms with van der Waals surface area (Å²) in [7, 11) is 0. The van der Waals surface area contributed by atoms with Gasteiger partial charge in [-0.1, -0.05) is 0 Å². The second-order valence-corrected chi connectivity index (χ2v) is 9.18. The highest BCUT2D eigenvalue weighted by atomic mass is 19.1. The molecule has 2 fully saturated rings. The zero-order valence-corrected chi connectivity index (χ0v) is 19.4. The van der Waals surface area contributed by atoms with Crippen molar-refractivity contribution in [3.05, 3.63) is 65.0 Å². The minimum Gasteiger partial charge on any atom is -0.355 e. The number of halogens is 2. The van der Waals surface area contributed by atoms with E-state index >= 15 is 0 Å². The van der Waals surface area contributed by atoms with Crippen LogP contribution in [-0.4, -0.2) is 43.1 Å². The quantitative estimate of drug-likeness (QED) is 0.419. The molecule has 0 radical (unpaired) electrons. The minimum absolute atomic E-state index is 0.140. The Bertz CT molecular complexity index is 1420. The van der Waals surface area contributed by atoms with Crippen LogP contribution in [0.1, 0.15) is 60.1 Å². The number of rotatable bonds is 4. The van der Waals surface area contributed by atoms with Crippen molar-refractivity contribution in [2.75, 3.05) is 13.4 Å². The van der Waals surface area contributed by atoms with Gasteiger partial charge in [-0.15, -0.1) is 0 Å². The van der Waals surface area contributed by atoms with Crippen LogP contribution in [0, 0.1) is 25.5 Å². The van der Waals surface area contributed by atoms with Crippen LogP contribution in [0.3, 0.4) is 0 Å². The maximum absolute atomic E-state index is 14.8. The third-order valence-electron chi connectivity index (χ3n) is 6.60. The molecule has 0 spiro atoms. The molecule has 2 aliphatic rings. The normalized spacial score (nSPS) is 20.8.